The van der Waals surface area contributed by atoms with Gasteiger partial charge >= 0.3 is 12.5 Å². The van der Waals surface area contributed by atoms with Gasteiger partial charge in [0, 0.05) is 14.5 Å². The molecule has 37 heavy (non-hydrogen) atoms. The molecule has 1 aliphatic carbocycles. The van der Waals surface area contributed by atoms with Crippen molar-refractivity contribution in [1.82, 2.24) is 21.8 Å². The number of nitrogens with one attached hydrogen (secondary N) is 2. The Kier molecular flexibility index (Phi) is 10.7. The van der Waals surface area contributed by atoms with Crippen molar-refractivity contribution < 1.29 is 33.7 Å². The zero-order valence-corrected chi connectivity index (χ0v) is 19.9. The van der Waals surface area contributed by atoms with Gasteiger partial charge in [0.05, 0.1) is 37.3 Å². The average molecular weight is 529 g/mol. The van der Waals surface area contributed by atoms with Crippen molar-refractivity contribution in [2.24, 2.45) is 5.84 Å². The first kappa shape index (κ1) is 29.4. The summed E-state index contributed by atoms with van der Waals surface area (Å²) in [6.07, 6.45) is 0.772. The number of cyclic esters (lactones) is 1. The molecule has 15 heteroatoms. The smallest absolute Gasteiger partial charge is 0.414 e. The topological polar surface area (TPSA) is 181 Å². The molecule has 0 aromatic heterocycles. The lowest BCUT2D eigenvalue weighted by molar-refractivity contribution is -0.132. The van der Waals surface area contributed by atoms with E-state index in [2.05, 4.69) is 5.32 Å². The van der Waals surface area contributed by atoms with E-state index in [1.54, 1.807) is 4.90 Å². The summed E-state index contributed by atoms with van der Waals surface area (Å²) >= 11 is 0. The maximum absolute atomic E-state index is 15.1. The lowest BCUT2D eigenvalue weighted by atomic mass is 10.2. The van der Waals surface area contributed by atoms with Crippen LogP contribution in [0.5, 0.6) is 0 Å². The van der Waals surface area contributed by atoms with E-state index in [1.165, 1.54) is 12.1 Å². The number of nitrogens with two attached hydrogens (primary N) is 1. The molecule has 2 fully saturated rings. The minimum Gasteiger partial charge on any atom is -0.442 e. The Balaban J connectivity index is 0.00000361. The molecule has 0 bridgehead atoms. The lowest BCUT2D eigenvalue weighted by Crippen LogP contribution is -2.39. The highest BCUT2D eigenvalue weighted by Gasteiger charge is 2.33. The molecule has 7 N–H and O–H groups in total. The number of halogens is 3. The number of hydrogen-bond acceptors (Lipinski definition) is 8. The van der Waals surface area contributed by atoms with Crippen LogP contribution in [0.3, 0.4) is 0 Å². The number of anilines is 2. The molecule has 2 aliphatic rings. The van der Waals surface area contributed by atoms with Crippen LogP contribution in [-0.2, 0) is 14.3 Å². The highest BCUT2D eigenvalue weighted by molar-refractivity contribution is 5.90. The van der Waals surface area contributed by atoms with Crippen molar-refractivity contribution in [3.63, 3.8) is 0 Å². The molecule has 12 nitrogen and oxygen atoms in total. The van der Waals surface area contributed by atoms with Crippen molar-refractivity contribution in [3.05, 3.63) is 42.1 Å². The Morgan fingerprint density at radius 1 is 1.41 bits per heavy atom. The Morgan fingerprint density at radius 3 is 2.76 bits per heavy atom. The summed E-state index contributed by atoms with van der Waals surface area (Å²) in [5.41, 5.74) is 1.55. The Morgan fingerprint density at radius 2 is 2.14 bits per heavy atom. The van der Waals surface area contributed by atoms with Crippen LogP contribution in [0.15, 0.2) is 29.8 Å². The van der Waals surface area contributed by atoms with Crippen LogP contribution >= 0.6 is 0 Å². The SMILES string of the molecule is N.N=CN(N)CC(=O)[N]CCN(CC=C1[CH]C1)c1ccc(N2C[C@H](CNC(=O)C(F)F)OC2=O)cc1F.[HH]. The second kappa shape index (κ2) is 13.5. The molecule has 1 atom stereocenters. The van der Waals surface area contributed by atoms with Crippen LogP contribution in [0.4, 0.5) is 29.3 Å². The highest BCUT2D eigenvalue weighted by atomic mass is 19.3. The second-order valence-electron chi connectivity index (χ2n) is 8.01. The van der Waals surface area contributed by atoms with Gasteiger partial charge in [-0.05, 0) is 31.0 Å². The van der Waals surface area contributed by atoms with E-state index in [9.17, 15) is 23.2 Å². The Labute approximate surface area is 213 Å². The van der Waals surface area contributed by atoms with E-state index in [4.69, 9.17) is 16.0 Å². The van der Waals surface area contributed by atoms with Crippen LogP contribution in [0.25, 0.3) is 0 Å². The predicted molar refractivity (Wildman–Crippen MR) is 131 cm³/mol. The zero-order chi connectivity index (χ0) is 26.2. The van der Waals surface area contributed by atoms with Gasteiger partial charge in [0.1, 0.15) is 18.5 Å². The number of carbonyl (C=O) groups is 3. The molecular weight excluding hydrogens is 497 g/mol. The predicted octanol–water partition coefficient (Wildman–Crippen LogP) is 1.19. The van der Waals surface area contributed by atoms with Gasteiger partial charge in [-0.2, -0.15) is 8.78 Å². The third kappa shape index (κ3) is 8.64. The number of amides is 3. The van der Waals surface area contributed by atoms with Crippen molar-refractivity contribution in [2.45, 2.75) is 19.0 Å². The van der Waals surface area contributed by atoms with Gasteiger partial charge in [-0.25, -0.2) is 20.3 Å². The Hall–Kier alpha value is -3.85. The molecule has 1 aliphatic heterocycles. The number of hydrogen-bond donors (Lipinski definition) is 4. The van der Waals surface area contributed by atoms with Crippen LogP contribution in [0.1, 0.15) is 7.85 Å². The minimum atomic E-state index is -3.18. The Bertz CT molecular complexity index is 1030. The molecule has 2 radical (unpaired) electrons. The van der Waals surface area contributed by atoms with Crippen molar-refractivity contribution in [1.29, 1.82) is 5.41 Å². The molecule has 3 amide bonds. The summed E-state index contributed by atoms with van der Waals surface area (Å²) in [6, 6.07) is 4.15. The number of nitrogens with zero attached hydrogens (tertiary/aromatic N) is 4. The second-order valence-corrected chi connectivity index (χ2v) is 8.01. The first-order chi connectivity index (χ1) is 17.2. The summed E-state index contributed by atoms with van der Waals surface area (Å²) in [5.74, 6) is 2.77. The number of alkyl halides is 2. The maximum atomic E-state index is 15.1. The molecule has 204 valence electrons. The average Bonchev–Trinajstić information content (AvgIpc) is 3.59. The van der Waals surface area contributed by atoms with E-state index in [1.807, 2.05) is 17.8 Å². The largest absolute Gasteiger partial charge is 0.442 e. The van der Waals surface area contributed by atoms with Crippen molar-refractivity contribution >= 4 is 35.6 Å². The van der Waals surface area contributed by atoms with E-state index < -0.39 is 36.3 Å². The van der Waals surface area contributed by atoms with Gasteiger partial charge in [-0.3, -0.25) is 24.9 Å². The monoisotopic (exact) mass is 528 g/mol. The fraction of sp³-hybridized carbons (Fsp3) is 0.409. The molecule has 1 aromatic carbocycles. The van der Waals surface area contributed by atoms with Crippen molar-refractivity contribution in [2.75, 3.05) is 49.1 Å². The van der Waals surface area contributed by atoms with Crippen LogP contribution < -0.4 is 32.4 Å². The summed E-state index contributed by atoms with van der Waals surface area (Å²) in [7, 11) is 0. The summed E-state index contributed by atoms with van der Waals surface area (Å²) in [5, 5.41) is 13.7. The number of rotatable bonds is 13. The molecule has 1 saturated heterocycles. The van der Waals surface area contributed by atoms with Gasteiger partial charge in [-0.15, -0.1) is 0 Å². The normalized spacial score (nSPS) is 17.2. The molecular formula is C22H31F3N8O4. The third-order valence-corrected chi connectivity index (χ3v) is 5.32. The molecule has 3 rings (SSSR count). The fourth-order valence-corrected chi connectivity index (χ4v) is 3.36. The molecule has 1 heterocycles. The lowest BCUT2D eigenvalue weighted by Gasteiger charge is -2.25. The minimum absolute atomic E-state index is 0. The quantitative estimate of drug-likeness (QED) is 0.127. The summed E-state index contributed by atoms with van der Waals surface area (Å²) in [4.78, 5) is 37.9. The zero-order valence-electron chi connectivity index (χ0n) is 19.9. The molecule has 1 aromatic rings. The first-order valence-corrected chi connectivity index (χ1v) is 11.0. The maximum Gasteiger partial charge on any atom is 0.414 e. The summed E-state index contributed by atoms with van der Waals surface area (Å²) < 4.78 is 44.9. The van der Waals surface area contributed by atoms with E-state index >= 15 is 4.39 Å². The van der Waals surface area contributed by atoms with E-state index in [0.717, 1.165) is 34.3 Å². The number of allylic oxidation sites excluding steroid dienone is 1. The van der Waals surface area contributed by atoms with Gasteiger partial charge in [-0.1, -0.05) is 11.6 Å². The van der Waals surface area contributed by atoms with Gasteiger partial charge in [0.25, 0.3) is 11.8 Å². The first-order valence-electron chi connectivity index (χ1n) is 11.0. The van der Waals surface area contributed by atoms with E-state index in [-0.39, 0.29) is 51.7 Å². The van der Waals surface area contributed by atoms with Crippen LogP contribution in [-0.4, -0.2) is 81.1 Å². The van der Waals surface area contributed by atoms with Crippen LogP contribution in [0, 0.1) is 17.6 Å². The van der Waals surface area contributed by atoms with Crippen LogP contribution in [0.2, 0.25) is 0 Å². The standard InChI is InChI=1S/C22H26F3N7O4.H3N.H2/c23-17-9-15(32-11-16(36-22(32)35)10-29-21(34)20(24)25)3-4-18(17)30(7-5-14-1-2-14)8-6-28-19(33)12-31(27)13-26;;/h1,3-5,9,13,16,20,26H,2,6-8,10-12,27H2,(H,29,34);1H3;1H/t16-;;/m0../s1. The van der Waals surface area contributed by atoms with Gasteiger partial charge in [0.2, 0.25) is 0 Å². The molecule has 0 spiro atoms. The highest BCUT2D eigenvalue weighted by Crippen LogP contribution is 2.29. The third-order valence-electron chi connectivity index (χ3n) is 5.32. The molecule has 0 unspecified atom stereocenters. The molecule has 1 saturated carbocycles. The number of ether oxygens (including phenoxy) is 1. The summed E-state index contributed by atoms with van der Waals surface area (Å²) in [6.45, 7) is 0.0657. The number of hydrazine groups is 1. The van der Waals surface area contributed by atoms with Gasteiger partial charge < -0.3 is 21.1 Å². The number of benzene rings is 1. The van der Waals surface area contributed by atoms with Gasteiger partial charge in [0.15, 0.2) is 0 Å². The number of carbonyl (C=O) groups excluding carboxylic acids is 3. The van der Waals surface area contributed by atoms with E-state index in [0.29, 0.717) is 6.54 Å². The van der Waals surface area contributed by atoms with Crippen molar-refractivity contribution in [3.8, 4) is 0 Å². The fourth-order valence-electron chi connectivity index (χ4n) is 3.36.